The van der Waals surface area contributed by atoms with Crippen LogP contribution < -0.4 is 5.32 Å². The van der Waals surface area contributed by atoms with Gasteiger partial charge in [0.15, 0.2) is 0 Å². The van der Waals surface area contributed by atoms with Crippen LogP contribution in [0.15, 0.2) is 12.1 Å². The number of hydrogen-bond donors (Lipinski definition) is 2. The highest BCUT2D eigenvalue weighted by molar-refractivity contribution is 5.90. The van der Waals surface area contributed by atoms with E-state index in [-0.39, 0.29) is 28.9 Å². The number of aromatic hydroxyl groups is 1. The van der Waals surface area contributed by atoms with Crippen molar-refractivity contribution in [2.75, 3.05) is 0 Å². The first-order chi connectivity index (χ1) is 9.99. The zero-order valence-corrected chi connectivity index (χ0v) is 14.4. The molecule has 2 N–H and O–H groups in total. The van der Waals surface area contributed by atoms with E-state index >= 15 is 0 Å². The number of aryl methyl sites for hydroxylation is 2. The molecule has 0 saturated carbocycles. The van der Waals surface area contributed by atoms with Crippen LogP contribution in [0.5, 0.6) is 5.75 Å². The molecule has 1 saturated heterocycles. The number of piperidine rings is 1. The molecule has 0 spiro atoms. The van der Waals surface area contributed by atoms with Gasteiger partial charge in [-0.05, 0) is 64.8 Å². The van der Waals surface area contributed by atoms with Crippen molar-refractivity contribution in [2.45, 2.75) is 71.6 Å². The van der Waals surface area contributed by atoms with E-state index in [0.717, 1.165) is 12.8 Å². The Labute approximate surface area is 132 Å². The molecule has 1 heterocycles. The Balaban J connectivity index is 2.15. The van der Waals surface area contributed by atoms with Gasteiger partial charge in [-0.25, -0.2) is 4.79 Å². The highest BCUT2D eigenvalue weighted by atomic mass is 16.5. The van der Waals surface area contributed by atoms with E-state index in [1.807, 2.05) is 0 Å². The summed E-state index contributed by atoms with van der Waals surface area (Å²) in [5.41, 5.74) is 1.76. The molecule has 0 atom stereocenters. The minimum atomic E-state index is -0.315. The Morgan fingerprint density at radius 1 is 1.14 bits per heavy atom. The molecule has 122 valence electrons. The van der Waals surface area contributed by atoms with Crippen LogP contribution >= 0.6 is 0 Å². The van der Waals surface area contributed by atoms with Crippen LogP contribution in [0.1, 0.15) is 62.0 Å². The number of rotatable bonds is 2. The normalized spacial score (nSPS) is 20.6. The molecule has 4 heteroatoms. The summed E-state index contributed by atoms with van der Waals surface area (Å²) in [5.74, 6) is -0.0783. The van der Waals surface area contributed by atoms with Crippen LogP contribution in [0.25, 0.3) is 0 Å². The van der Waals surface area contributed by atoms with Crippen molar-refractivity contribution in [3.8, 4) is 5.75 Å². The van der Waals surface area contributed by atoms with Gasteiger partial charge in [-0.2, -0.15) is 0 Å². The number of hydrogen-bond acceptors (Lipinski definition) is 4. The first-order valence-corrected chi connectivity index (χ1v) is 7.80. The number of nitrogens with one attached hydrogen (secondary N) is 1. The molecular formula is C18H27NO3. The number of phenols is 1. The molecule has 22 heavy (non-hydrogen) atoms. The van der Waals surface area contributed by atoms with Crippen LogP contribution in [-0.2, 0) is 4.74 Å². The first kappa shape index (κ1) is 16.8. The molecule has 1 aromatic carbocycles. The van der Waals surface area contributed by atoms with Crippen LogP contribution in [0.3, 0.4) is 0 Å². The van der Waals surface area contributed by atoms with E-state index in [9.17, 15) is 9.90 Å². The average Bonchev–Trinajstić information content (AvgIpc) is 2.31. The molecule has 1 aliphatic rings. The second kappa shape index (κ2) is 5.58. The molecule has 2 rings (SSSR count). The third kappa shape index (κ3) is 3.80. The fraction of sp³-hybridized carbons (Fsp3) is 0.611. The summed E-state index contributed by atoms with van der Waals surface area (Å²) in [7, 11) is 0. The lowest BCUT2D eigenvalue weighted by molar-refractivity contribution is -0.00639. The first-order valence-electron chi connectivity index (χ1n) is 7.80. The molecule has 0 unspecified atom stereocenters. The maximum Gasteiger partial charge on any atom is 0.338 e. The molecule has 0 radical (unpaired) electrons. The van der Waals surface area contributed by atoms with Gasteiger partial charge < -0.3 is 15.2 Å². The second-order valence-electron chi connectivity index (χ2n) is 7.79. The standard InChI is InChI=1S/C18H27NO3/c1-11-7-13(8-12(2)15(11)20)16(21)22-14-9-17(3,4)19-18(5,6)10-14/h7-8,14,19-20H,9-10H2,1-6H3. The molecule has 1 aromatic rings. The van der Waals surface area contributed by atoms with Gasteiger partial charge in [0.1, 0.15) is 11.9 Å². The third-order valence-corrected chi connectivity index (χ3v) is 4.15. The van der Waals surface area contributed by atoms with Gasteiger partial charge in [0.05, 0.1) is 5.56 Å². The van der Waals surface area contributed by atoms with E-state index in [1.165, 1.54) is 0 Å². The van der Waals surface area contributed by atoms with Gasteiger partial charge in [-0.1, -0.05) is 0 Å². The number of ether oxygens (including phenoxy) is 1. The number of phenolic OH excluding ortho intramolecular Hbond substituents is 1. The summed E-state index contributed by atoms with van der Waals surface area (Å²) in [6.45, 7) is 12.1. The SMILES string of the molecule is Cc1cc(C(=O)OC2CC(C)(C)NC(C)(C)C2)cc(C)c1O. The van der Waals surface area contributed by atoms with Crippen molar-refractivity contribution in [3.63, 3.8) is 0 Å². The smallest absolute Gasteiger partial charge is 0.338 e. The predicted molar refractivity (Wildman–Crippen MR) is 87.3 cm³/mol. The zero-order chi connectivity index (χ0) is 16.7. The summed E-state index contributed by atoms with van der Waals surface area (Å²) >= 11 is 0. The minimum Gasteiger partial charge on any atom is -0.507 e. The summed E-state index contributed by atoms with van der Waals surface area (Å²) in [6.07, 6.45) is 1.48. The average molecular weight is 305 g/mol. The number of carbonyl (C=O) groups excluding carboxylic acids is 1. The predicted octanol–water partition coefficient (Wildman–Crippen LogP) is 3.48. The summed E-state index contributed by atoms with van der Waals surface area (Å²) in [4.78, 5) is 12.4. The van der Waals surface area contributed by atoms with E-state index in [2.05, 4.69) is 33.0 Å². The highest BCUT2D eigenvalue weighted by Gasteiger charge is 2.39. The van der Waals surface area contributed by atoms with E-state index in [4.69, 9.17) is 4.74 Å². The Bertz CT molecular complexity index is 551. The molecule has 0 bridgehead atoms. The topological polar surface area (TPSA) is 58.6 Å². The van der Waals surface area contributed by atoms with Crippen molar-refractivity contribution in [1.82, 2.24) is 5.32 Å². The molecule has 1 fully saturated rings. The van der Waals surface area contributed by atoms with Gasteiger partial charge in [0, 0.05) is 23.9 Å². The van der Waals surface area contributed by atoms with Crippen LogP contribution in [0.4, 0.5) is 0 Å². The molecule has 4 nitrogen and oxygen atoms in total. The summed E-state index contributed by atoms with van der Waals surface area (Å²) in [6, 6.07) is 3.37. The lowest BCUT2D eigenvalue weighted by Gasteiger charge is -2.45. The Hall–Kier alpha value is -1.55. The lowest BCUT2D eigenvalue weighted by Crippen LogP contribution is -2.59. The Morgan fingerprint density at radius 3 is 2.05 bits per heavy atom. The Kier molecular flexibility index (Phi) is 4.26. The van der Waals surface area contributed by atoms with Crippen molar-refractivity contribution < 1.29 is 14.6 Å². The maximum atomic E-state index is 12.4. The minimum absolute atomic E-state index is 0.0620. The van der Waals surface area contributed by atoms with Crippen molar-refractivity contribution in [1.29, 1.82) is 0 Å². The van der Waals surface area contributed by atoms with E-state index in [0.29, 0.717) is 16.7 Å². The number of carbonyl (C=O) groups is 1. The van der Waals surface area contributed by atoms with Gasteiger partial charge in [-0.3, -0.25) is 0 Å². The van der Waals surface area contributed by atoms with Crippen molar-refractivity contribution in [2.24, 2.45) is 0 Å². The maximum absolute atomic E-state index is 12.4. The number of benzene rings is 1. The zero-order valence-electron chi connectivity index (χ0n) is 14.4. The largest absolute Gasteiger partial charge is 0.507 e. The van der Waals surface area contributed by atoms with Crippen molar-refractivity contribution in [3.05, 3.63) is 28.8 Å². The van der Waals surface area contributed by atoms with E-state index < -0.39 is 0 Å². The van der Waals surface area contributed by atoms with Crippen LogP contribution in [0, 0.1) is 13.8 Å². The molecule has 1 aliphatic heterocycles. The Morgan fingerprint density at radius 2 is 1.59 bits per heavy atom. The molecule has 0 aromatic heterocycles. The third-order valence-electron chi connectivity index (χ3n) is 4.15. The number of esters is 1. The monoisotopic (exact) mass is 305 g/mol. The van der Waals surface area contributed by atoms with Crippen LogP contribution in [-0.4, -0.2) is 28.3 Å². The molecule has 0 amide bonds. The summed E-state index contributed by atoms with van der Waals surface area (Å²) < 4.78 is 5.74. The van der Waals surface area contributed by atoms with Gasteiger partial charge in [0.25, 0.3) is 0 Å². The fourth-order valence-corrected chi connectivity index (χ4v) is 3.61. The lowest BCUT2D eigenvalue weighted by atomic mass is 9.81. The summed E-state index contributed by atoms with van der Waals surface area (Å²) in [5, 5.41) is 13.4. The van der Waals surface area contributed by atoms with Gasteiger partial charge >= 0.3 is 5.97 Å². The van der Waals surface area contributed by atoms with Gasteiger partial charge in [-0.15, -0.1) is 0 Å². The van der Waals surface area contributed by atoms with Crippen LogP contribution in [0.2, 0.25) is 0 Å². The molecular weight excluding hydrogens is 278 g/mol. The second-order valence-corrected chi connectivity index (χ2v) is 7.79. The molecule has 0 aliphatic carbocycles. The highest BCUT2D eigenvalue weighted by Crippen LogP contribution is 2.31. The quantitative estimate of drug-likeness (QED) is 0.821. The van der Waals surface area contributed by atoms with Crippen molar-refractivity contribution >= 4 is 5.97 Å². The van der Waals surface area contributed by atoms with E-state index in [1.54, 1.807) is 26.0 Å². The fourth-order valence-electron chi connectivity index (χ4n) is 3.61. The van der Waals surface area contributed by atoms with Gasteiger partial charge in [0.2, 0.25) is 0 Å².